The molecule has 0 radical (unpaired) electrons. The van der Waals surface area contributed by atoms with Crippen LogP contribution in [0.15, 0.2) is 48.5 Å². The number of carbonyl (C=O) groups is 1. The number of nitrogens with two attached hydrogens (primary N) is 1. The molecule has 1 amide bonds. The lowest BCUT2D eigenvalue weighted by atomic mass is 10.1. The number of aromatic nitrogens is 1. The van der Waals surface area contributed by atoms with E-state index < -0.39 is 0 Å². The summed E-state index contributed by atoms with van der Waals surface area (Å²) in [7, 11) is 0. The van der Waals surface area contributed by atoms with E-state index in [9.17, 15) is 4.79 Å². The molecule has 4 aromatic rings. The first-order valence-corrected chi connectivity index (χ1v) is 9.51. The number of aryl methyl sites for hydroxylation is 1. The van der Waals surface area contributed by atoms with Crippen LogP contribution in [0.2, 0.25) is 0 Å². The molecule has 5 nitrogen and oxygen atoms in total. The van der Waals surface area contributed by atoms with Gasteiger partial charge in [-0.1, -0.05) is 23.8 Å². The lowest BCUT2D eigenvalue weighted by molar-refractivity contribution is 0.103. The fourth-order valence-corrected chi connectivity index (χ4v) is 4.00. The summed E-state index contributed by atoms with van der Waals surface area (Å²) in [5.41, 5.74) is 9.42. The molecular formula is C21H19N3O2S. The molecule has 27 heavy (non-hydrogen) atoms. The van der Waals surface area contributed by atoms with Crippen molar-refractivity contribution < 1.29 is 9.53 Å². The van der Waals surface area contributed by atoms with Gasteiger partial charge in [-0.2, -0.15) is 0 Å². The Bertz CT molecular complexity index is 1170. The zero-order valence-corrected chi connectivity index (χ0v) is 15.9. The van der Waals surface area contributed by atoms with Crippen LogP contribution in [0.4, 0.5) is 11.4 Å². The zero-order valence-electron chi connectivity index (χ0n) is 15.1. The molecule has 3 N–H and O–H groups in total. The van der Waals surface area contributed by atoms with E-state index in [1.54, 1.807) is 0 Å². The summed E-state index contributed by atoms with van der Waals surface area (Å²) in [6, 6.07) is 15.4. The van der Waals surface area contributed by atoms with Gasteiger partial charge in [0, 0.05) is 10.8 Å². The number of pyridine rings is 1. The van der Waals surface area contributed by atoms with Gasteiger partial charge in [-0.15, -0.1) is 11.3 Å². The molecule has 0 saturated heterocycles. The van der Waals surface area contributed by atoms with E-state index in [4.69, 9.17) is 10.5 Å². The molecule has 0 aliphatic rings. The Kier molecular flexibility index (Phi) is 4.41. The number of hydrogen-bond donors (Lipinski definition) is 2. The van der Waals surface area contributed by atoms with Gasteiger partial charge in [0.15, 0.2) is 0 Å². The van der Waals surface area contributed by atoms with Crippen LogP contribution in [0.3, 0.4) is 0 Å². The van der Waals surface area contributed by atoms with Crippen molar-refractivity contribution in [1.82, 2.24) is 4.98 Å². The lowest BCUT2D eigenvalue weighted by Crippen LogP contribution is -2.13. The Morgan fingerprint density at radius 1 is 1.22 bits per heavy atom. The second-order valence-electron chi connectivity index (χ2n) is 6.27. The average Bonchev–Trinajstić information content (AvgIpc) is 2.98. The molecule has 6 heteroatoms. The quantitative estimate of drug-likeness (QED) is 0.525. The third-order valence-corrected chi connectivity index (χ3v) is 5.42. The molecule has 0 spiro atoms. The zero-order chi connectivity index (χ0) is 19.0. The standard InChI is InChI=1S/C21H19N3O2S/c1-3-26-17-7-5-4-6-16(17)23-20(25)19-18(22)14-11-13-10-12(2)8-9-15(13)24-21(14)27-19/h4-11H,3,22H2,1-2H3,(H,23,25). The van der Waals surface area contributed by atoms with Gasteiger partial charge >= 0.3 is 0 Å². The van der Waals surface area contributed by atoms with E-state index >= 15 is 0 Å². The van der Waals surface area contributed by atoms with Crippen molar-refractivity contribution in [2.75, 3.05) is 17.7 Å². The number of nitrogens with zero attached hydrogens (tertiary/aromatic N) is 1. The van der Waals surface area contributed by atoms with Crippen LogP contribution in [-0.2, 0) is 0 Å². The first-order valence-electron chi connectivity index (χ1n) is 8.69. The molecule has 0 bridgehead atoms. The number of hydrogen-bond acceptors (Lipinski definition) is 5. The number of rotatable bonds is 4. The van der Waals surface area contributed by atoms with Gasteiger partial charge in [0.05, 0.1) is 23.5 Å². The number of amides is 1. The van der Waals surface area contributed by atoms with Crippen LogP contribution in [0, 0.1) is 6.92 Å². The number of anilines is 2. The van der Waals surface area contributed by atoms with Crippen molar-refractivity contribution in [1.29, 1.82) is 0 Å². The third-order valence-electron chi connectivity index (χ3n) is 4.31. The molecular weight excluding hydrogens is 358 g/mol. The SMILES string of the molecule is CCOc1ccccc1NC(=O)c1sc2nc3ccc(C)cc3cc2c1N. The Hall–Kier alpha value is -3.12. The van der Waals surface area contributed by atoms with Gasteiger partial charge < -0.3 is 15.8 Å². The number of nitrogens with one attached hydrogen (secondary N) is 1. The first-order chi connectivity index (χ1) is 13.1. The molecule has 2 aromatic heterocycles. The predicted molar refractivity (Wildman–Crippen MR) is 112 cm³/mol. The molecule has 0 saturated carbocycles. The maximum absolute atomic E-state index is 12.8. The summed E-state index contributed by atoms with van der Waals surface area (Å²) >= 11 is 1.30. The van der Waals surface area contributed by atoms with Crippen molar-refractivity contribution in [2.24, 2.45) is 0 Å². The van der Waals surface area contributed by atoms with E-state index in [-0.39, 0.29) is 5.91 Å². The smallest absolute Gasteiger partial charge is 0.268 e. The Morgan fingerprint density at radius 3 is 2.85 bits per heavy atom. The van der Waals surface area contributed by atoms with E-state index in [0.717, 1.165) is 26.7 Å². The van der Waals surface area contributed by atoms with Gasteiger partial charge in [0.1, 0.15) is 15.5 Å². The number of fused-ring (bicyclic) bond motifs is 2. The highest BCUT2D eigenvalue weighted by atomic mass is 32.1. The minimum absolute atomic E-state index is 0.261. The molecule has 136 valence electrons. The summed E-state index contributed by atoms with van der Waals surface area (Å²) in [6.45, 7) is 4.46. The third kappa shape index (κ3) is 3.19. The van der Waals surface area contributed by atoms with Gasteiger partial charge in [0.2, 0.25) is 0 Å². The first kappa shape index (κ1) is 17.3. The molecule has 0 aliphatic heterocycles. The highest BCUT2D eigenvalue weighted by molar-refractivity contribution is 7.21. The molecule has 0 fully saturated rings. The maximum Gasteiger partial charge on any atom is 0.268 e. The number of thiophene rings is 1. The minimum Gasteiger partial charge on any atom is -0.492 e. The predicted octanol–water partition coefficient (Wildman–Crippen LogP) is 4.99. The van der Waals surface area contributed by atoms with Crippen LogP contribution in [0.5, 0.6) is 5.75 Å². The number of ether oxygens (including phenoxy) is 1. The van der Waals surface area contributed by atoms with Crippen LogP contribution in [-0.4, -0.2) is 17.5 Å². The van der Waals surface area contributed by atoms with Crippen molar-refractivity contribution in [3.8, 4) is 5.75 Å². The second kappa shape index (κ2) is 6.89. The number of nitrogen functional groups attached to an aromatic ring is 1. The topological polar surface area (TPSA) is 77.2 Å². The van der Waals surface area contributed by atoms with E-state index in [2.05, 4.69) is 16.4 Å². The molecule has 0 atom stereocenters. The van der Waals surface area contributed by atoms with E-state index in [1.165, 1.54) is 11.3 Å². The summed E-state index contributed by atoms with van der Waals surface area (Å²) in [5.74, 6) is 0.371. The van der Waals surface area contributed by atoms with E-state index in [1.807, 2.05) is 56.3 Å². The Morgan fingerprint density at radius 2 is 2.04 bits per heavy atom. The Balaban J connectivity index is 1.74. The van der Waals surface area contributed by atoms with Gasteiger partial charge in [-0.05, 0) is 44.2 Å². The van der Waals surface area contributed by atoms with Crippen molar-refractivity contribution in [3.05, 3.63) is 59.0 Å². The number of benzene rings is 2. The Labute approximate surface area is 160 Å². The van der Waals surface area contributed by atoms with Gasteiger partial charge in [-0.3, -0.25) is 4.79 Å². The van der Waals surface area contributed by atoms with Gasteiger partial charge in [0.25, 0.3) is 5.91 Å². The lowest BCUT2D eigenvalue weighted by Gasteiger charge is -2.10. The largest absolute Gasteiger partial charge is 0.492 e. The van der Waals surface area contributed by atoms with Gasteiger partial charge in [-0.25, -0.2) is 4.98 Å². The van der Waals surface area contributed by atoms with Crippen LogP contribution in [0.1, 0.15) is 22.2 Å². The van der Waals surface area contributed by atoms with Crippen molar-refractivity contribution in [3.63, 3.8) is 0 Å². The monoisotopic (exact) mass is 377 g/mol. The normalized spacial score (nSPS) is 11.0. The summed E-state index contributed by atoms with van der Waals surface area (Å²) in [5, 5.41) is 4.72. The van der Waals surface area contributed by atoms with Crippen molar-refractivity contribution >= 4 is 49.7 Å². The van der Waals surface area contributed by atoms with Crippen LogP contribution in [0.25, 0.3) is 21.1 Å². The summed E-state index contributed by atoms with van der Waals surface area (Å²) < 4.78 is 5.57. The van der Waals surface area contributed by atoms with E-state index in [0.29, 0.717) is 28.6 Å². The second-order valence-corrected chi connectivity index (χ2v) is 7.26. The molecule has 0 aliphatic carbocycles. The fraction of sp³-hybridized carbons (Fsp3) is 0.143. The van der Waals surface area contributed by atoms with Crippen molar-refractivity contribution in [2.45, 2.75) is 13.8 Å². The number of para-hydroxylation sites is 2. The maximum atomic E-state index is 12.8. The molecule has 2 aromatic carbocycles. The van der Waals surface area contributed by atoms with Crippen LogP contribution >= 0.6 is 11.3 Å². The highest BCUT2D eigenvalue weighted by Gasteiger charge is 2.19. The van der Waals surface area contributed by atoms with Crippen LogP contribution < -0.4 is 15.8 Å². The molecule has 0 unspecified atom stereocenters. The highest BCUT2D eigenvalue weighted by Crippen LogP contribution is 2.35. The minimum atomic E-state index is -0.261. The molecule has 2 heterocycles. The molecule has 4 rings (SSSR count). The fourth-order valence-electron chi connectivity index (χ4n) is 3.02. The number of carbonyl (C=O) groups excluding carboxylic acids is 1. The summed E-state index contributed by atoms with van der Waals surface area (Å²) in [4.78, 5) is 18.7. The average molecular weight is 377 g/mol. The summed E-state index contributed by atoms with van der Waals surface area (Å²) in [6.07, 6.45) is 0.